The third-order valence-electron chi connectivity index (χ3n) is 3.23. The maximum Gasteiger partial charge on any atom is 0.142 e. The lowest BCUT2D eigenvalue weighted by Gasteiger charge is -2.18. The van der Waals surface area contributed by atoms with Crippen molar-refractivity contribution < 1.29 is 4.39 Å². The Labute approximate surface area is 125 Å². The fourth-order valence-electron chi connectivity index (χ4n) is 2.33. The molecule has 0 saturated heterocycles. The van der Waals surface area contributed by atoms with Crippen LogP contribution in [0.5, 0.6) is 0 Å². The van der Waals surface area contributed by atoms with Crippen LogP contribution in [0.3, 0.4) is 0 Å². The number of hydrogen-bond donors (Lipinski definition) is 2. The van der Waals surface area contributed by atoms with E-state index in [4.69, 9.17) is 23.2 Å². The fraction of sp³-hybridized carbons (Fsp3) is 0.0667. The highest BCUT2D eigenvalue weighted by atomic mass is 35.5. The molecule has 0 bridgehead atoms. The SMILES string of the molecule is Fc1ccc(Cl)c(C(c2ccc[nH]2)c2ccc[nH]2)c1Cl. The summed E-state index contributed by atoms with van der Waals surface area (Å²) in [4.78, 5) is 6.28. The smallest absolute Gasteiger partial charge is 0.142 e. The summed E-state index contributed by atoms with van der Waals surface area (Å²) >= 11 is 12.4. The van der Waals surface area contributed by atoms with Crippen molar-refractivity contribution in [1.82, 2.24) is 9.97 Å². The van der Waals surface area contributed by atoms with Crippen molar-refractivity contribution >= 4 is 23.2 Å². The van der Waals surface area contributed by atoms with E-state index in [-0.39, 0.29) is 10.9 Å². The van der Waals surface area contributed by atoms with Gasteiger partial charge in [0, 0.05) is 34.4 Å². The standard InChI is InChI=1S/C15H11Cl2FN2/c16-9-5-6-10(18)15(17)13(9)14(11-3-1-7-19-11)12-4-2-8-20-12/h1-8,14,19-20H. The molecule has 5 heteroatoms. The van der Waals surface area contributed by atoms with Gasteiger partial charge in [0.15, 0.2) is 0 Å². The molecule has 0 fully saturated rings. The number of hydrogen-bond acceptors (Lipinski definition) is 0. The molecule has 3 rings (SSSR count). The zero-order valence-corrected chi connectivity index (χ0v) is 11.8. The molecule has 1 aromatic carbocycles. The molecular weight excluding hydrogens is 298 g/mol. The van der Waals surface area contributed by atoms with E-state index in [0.29, 0.717) is 10.6 Å². The van der Waals surface area contributed by atoms with E-state index in [1.165, 1.54) is 12.1 Å². The van der Waals surface area contributed by atoms with E-state index in [0.717, 1.165) is 11.4 Å². The molecule has 0 radical (unpaired) electrons. The van der Waals surface area contributed by atoms with Gasteiger partial charge in [-0.05, 0) is 36.4 Å². The Kier molecular flexibility index (Phi) is 3.55. The van der Waals surface area contributed by atoms with Crippen molar-refractivity contribution in [2.75, 3.05) is 0 Å². The van der Waals surface area contributed by atoms with Gasteiger partial charge in [-0.1, -0.05) is 23.2 Å². The number of rotatable bonds is 3. The Morgan fingerprint density at radius 1 is 0.900 bits per heavy atom. The second-order valence-electron chi connectivity index (χ2n) is 4.44. The molecule has 2 heterocycles. The van der Waals surface area contributed by atoms with Gasteiger partial charge in [0.1, 0.15) is 5.82 Å². The maximum atomic E-state index is 13.8. The predicted octanol–water partition coefficient (Wildman–Crippen LogP) is 4.97. The second kappa shape index (κ2) is 5.35. The Hall–Kier alpha value is -1.71. The van der Waals surface area contributed by atoms with Crippen LogP contribution in [0.2, 0.25) is 10.0 Å². The van der Waals surface area contributed by atoms with Gasteiger partial charge >= 0.3 is 0 Å². The van der Waals surface area contributed by atoms with E-state index < -0.39 is 5.82 Å². The first-order valence-corrected chi connectivity index (χ1v) is 6.84. The average Bonchev–Trinajstić information content (AvgIpc) is 3.12. The van der Waals surface area contributed by atoms with Crippen LogP contribution in [0.25, 0.3) is 0 Å². The van der Waals surface area contributed by atoms with Crippen LogP contribution in [0.4, 0.5) is 4.39 Å². The van der Waals surface area contributed by atoms with Crippen molar-refractivity contribution in [3.8, 4) is 0 Å². The third-order valence-corrected chi connectivity index (χ3v) is 3.95. The minimum Gasteiger partial charge on any atom is -0.364 e. The van der Waals surface area contributed by atoms with Gasteiger partial charge in [0.2, 0.25) is 0 Å². The van der Waals surface area contributed by atoms with Gasteiger partial charge in [-0.2, -0.15) is 0 Å². The quantitative estimate of drug-likeness (QED) is 0.640. The summed E-state index contributed by atoms with van der Waals surface area (Å²) in [5.41, 5.74) is 2.34. The van der Waals surface area contributed by atoms with Crippen LogP contribution < -0.4 is 0 Å². The molecule has 0 aliphatic carbocycles. The van der Waals surface area contributed by atoms with Crippen LogP contribution in [0.15, 0.2) is 48.8 Å². The molecule has 0 atom stereocenters. The van der Waals surface area contributed by atoms with Crippen molar-refractivity contribution in [3.05, 3.63) is 81.6 Å². The van der Waals surface area contributed by atoms with Crippen molar-refractivity contribution in [2.45, 2.75) is 5.92 Å². The van der Waals surface area contributed by atoms with Crippen LogP contribution in [0.1, 0.15) is 22.9 Å². The molecule has 0 aliphatic rings. The molecule has 2 nitrogen and oxygen atoms in total. The van der Waals surface area contributed by atoms with Gasteiger partial charge in [-0.25, -0.2) is 4.39 Å². The van der Waals surface area contributed by atoms with Gasteiger partial charge < -0.3 is 9.97 Å². The summed E-state index contributed by atoms with van der Waals surface area (Å²) < 4.78 is 13.8. The lowest BCUT2D eigenvalue weighted by Crippen LogP contribution is -2.06. The van der Waals surface area contributed by atoms with Crippen molar-refractivity contribution in [3.63, 3.8) is 0 Å². The van der Waals surface area contributed by atoms with Crippen LogP contribution >= 0.6 is 23.2 Å². The summed E-state index contributed by atoms with van der Waals surface area (Å²) in [5.74, 6) is -0.745. The van der Waals surface area contributed by atoms with E-state index in [9.17, 15) is 4.39 Å². The number of benzene rings is 1. The molecule has 20 heavy (non-hydrogen) atoms. The Morgan fingerprint density at radius 3 is 2.00 bits per heavy atom. The van der Waals surface area contributed by atoms with Gasteiger partial charge in [-0.3, -0.25) is 0 Å². The minimum absolute atomic E-state index is 0.0479. The maximum absolute atomic E-state index is 13.8. The monoisotopic (exact) mass is 308 g/mol. The first-order chi connectivity index (χ1) is 9.68. The van der Waals surface area contributed by atoms with E-state index in [2.05, 4.69) is 9.97 Å². The summed E-state index contributed by atoms with van der Waals surface area (Å²) in [6.07, 6.45) is 3.62. The highest BCUT2D eigenvalue weighted by molar-refractivity contribution is 6.36. The number of aromatic amines is 2. The van der Waals surface area contributed by atoms with Crippen molar-refractivity contribution in [1.29, 1.82) is 0 Å². The lowest BCUT2D eigenvalue weighted by atomic mass is 9.92. The second-order valence-corrected chi connectivity index (χ2v) is 5.23. The molecule has 3 aromatic rings. The largest absolute Gasteiger partial charge is 0.364 e. The highest BCUT2D eigenvalue weighted by Gasteiger charge is 2.25. The normalized spacial score (nSPS) is 11.2. The van der Waals surface area contributed by atoms with E-state index >= 15 is 0 Å². The first kappa shape index (κ1) is 13.3. The van der Waals surface area contributed by atoms with Gasteiger partial charge in [0.05, 0.1) is 10.9 Å². The Bertz CT molecular complexity index is 672. The van der Waals surface area contributed by atoms with Crippen molar-refractivity contribution in [2.24, 2.45) is 0 Å². The van der Waals surface area contributed by atoms with Crippen LogP contribution in [-0.4, -0.2) is 9.97 Å². The van der Waals surface area contributed by atoms with E-state index in [1.54, 1.807) is 0 Å². The molecule has 0 aliphatic heterocycles. The number of halogens is 3. The summed E-state index contributed by atoms with van der Waals surface area (Å²) in [7, 11) is 0. The average molecular weight is 309 g/mol. The topological polar surface area (TPSA) is 31.6 Å². The summed E-state index contributed by atoms with van der Waals surface area (Å²) in [5, 5.41) is 0.484. The molecule has 0 saturated carbocycles. The Morgan fingerprint density at radius 2 is 1.50 bits per heavy atom. The summed E-state index contributed by atoms with van der Waals surface area (Å²) in [6, 6.07) is 10.4. The third kappa shape index (κ3) is 2.23. The summed E-state index contributed by atoms with van der Waals surface area (Å²) in [6.45, 7) is 0. The molecule has 0 amide bonds. The number of H-pyrrole nitrogens is 2. The predicted molar refractivity (Wildman–Crippen MR) is 79.0 cm³/mol. The van der Waals surface area contributed by atoms with Crippen LogP contribution in [-0.2, 0) is 0 Å². The molecule has 2 N–H and O–H groups in total. The molecule has 2 aromatic heterocycles. The Balaban J connectivity index is 2.24. The molecular formula is C15H11Cl2FN2. The number of aromatic nitrogens is 2. The highest BCUT2D eigenvalue weighted by Crippen LogP contribution is 2.39. The van der Waals surface area contributed by atoms with Gasteiger partial charge in [-0.15, -0.1) is 0 Å². The molecule has 102 valence electrons. The molecule has 0 spiro atoms. The molecule has 0 unspecified atom stereocenters. The van der Waals surface area contributed by atoms with Crippen LogP contribution in [0, 0.1) is 5.82 Å². The fourth-order valence-corrected chi connectivity index (χ4v) is 2.92. The zero-order valence-electron chi connectivity index (χ0n) is 10.3. The minimum atomic E-state index is -0.478. The first-order valence-electron chi connectivity index (χ1n) is 6.08. The lowest BCUT2D eigenvalue weighted by molar-refractivity contribution is 0.625. The van der Waals surface area contributed by atoms with Gasteiger partial charge in [0.25, 0.3) is 0 Å². The van der Waals surface area contributed by atoms with E-state index in [1.807, 2.05) is 36.7 Å². The zero-order chi connectivity index (χ0) is 14.1. The number of nitrogens with one attached hydrogen (secondary N) is 2.